The molecule has 3 aliphatic rings. The number of anilines is 1. The van der Waals surface area contributed by atoms with Crippen LogP contribution in [0.4, 0.5) is 11.4 Å². The molecule has 1 fully saturated rings. The van der Waals surface area contributed by atoms with E-state index in [4.69, 9.17) is 4.99 Å². The molecule has 0 bridgehead atoms. The van der Waals surface area contributed by atoms with Crippen LogP contribution in [-0.4, -0.2) is 64.5 Å². The average molecular weight is 516 g/mol. The number of rotatable bonds is 6. The minimum absolute atomic E-state index is 0.0646. The lowest BCUT2D eigenvalue weighted by Gasteiger charge is -2.33. The summed E-state index contributed by atoms with van der Waals surface area (Å²) in [6, 6.07) is 9.60. The number of nitrogens with zero attached hydrogens (tertiary/aromatic N) is 3. The van der Waals surface area contributed by atoms with Gasteiger partial charge in [-0.25, -0.2) is 0 Å². The van der Waals surface area contributed by atoms with Crippen molar-refractivity contribution in [2.45, 2.75) is 44.7 Å². The third-order valence-electron chi connectivity index (χ3n) is 7.52. The average Bonchev–Trinajstić information content (AvgIpc) is 3.58. The van der Waals surface area contributed by atoms with Gasteiger partial charge in [0.2, 0.25) is 0 Å². The summed E-state index contributed by atoms with van der Waals surface area (Å²) >= 11 is 1.71. The molecule has 2 amide bonds. The van der Waals surface area contributed by atoms with Crippen molar-refractivity contribution in [2.24, 2.45) is 4.99 Å². The molecule has 0 spiro atoms. The summed E-state index contributed by atoms with van der Waals surface area (Å²) in [4.78, 5) is 52.0. The molecular weight excluding hydrogens is 486 g/mol. The number of aromatic nitrogens is 1. The van der Waals surface area contributed by atoms with Gasteiger partial charge in [0.25, 0.3) is 17.4 Å². The molecule has 2 aromatic heterocycles. The first kappa shape index (κ1) is 23.8. The molecule has 190 valence electrons. The number of imide groups is 1. The Morgan fingerprint density at radius 2 is 1.89 bits per heavy atom. The normalized spacial score (nSPS) is 18.6. The first-order chi connectivity index (χ1) is 17.9. The highest BCUT2D eigenvalue weighted by Crippen LogP contribution is 2.37. The number of hydrogen-bond acceptors (Lipinski definition) is 7. The van der Waals surface area contributed by atoms with Crippen molar-refractivity contribution in [3.8, 4) is 0 Å². The van der Waals surface area contributed by atoms with Crippen molar-refractivity contribution in [3.63, 3.8) is 0 Å². The number of H-pyrrole nitrogens is 1. The number of nitrogens with one attached hydrogen (secondary N) is 2. The van der Waals surface area contributed by atoms with Crippen LogP contribution in [0, 0.1) is 0 Å². The smallest absolute Gasteiger partial charge is 0.261 e. The van der Waals surface area contributed by atoms with Gasteiger partial charge in [-0.3, -0.25) is 24.3 Å². The van der Waals surface area contributed by atoms with E-state index < -0.39 is 0 Å². The van der Waals surface area contributed by atoms with Crippen molar-refractivity contribution in [1.82, 2.24) is 14.8 Å². The Kier molecular flexibility index (Phi) is 6.04. The molecule has 9 heteroatoms. The van der Waals surface area contributed by atoms with E-state index in [1.165, 1.54) is 9.78 Å². The molecule has 6 rings (SSSR count). The van der Waals surface area contributed by atoms with Crippen molar-refractivity contribution < 1.29 is 9.59 Å². The fourth-order valence-corrected chi connectivity index (χ4v) is 6.45. The van der Waals surface area contributed by atoms with Gasteiger partial charge in [0, 0.05) is 36.0 Å². The van der Waals surface area contributed by atoms with Crippen LogP contribution < -0.4 is 10.9 Å². The Morgan fingerprint density at radius 1 is 1.14 bits per heavy atom. The Bertz CT molecular complexity index is 1470. The van der Waals surface area contributed by atoms with Gasteiger partial charge in [-0.15, -0.1) is 11.3 Å². The molecule has 1 aromatic carbocycles. The maximum Gasteiger partial charge on any atom is 0.261 e. The van der Waals surface area contributed by atoms with Crippen molar-refractivity contribution >= 4 is 40.2 Å². The maximum absolute atomic E-state index is 13.3. The monoisotopic (exact) mass is 515 g/mol. The van der Waals surface area contributed by atoms with Gasteiger partial charge in [0.15, 0.2) is 0 Å². The summed E-state index contributed by atoms with van der Waals surface area (Å²) in [5.74, 6) is -0.448. The second-order valence-corrected chi connectivity index (χ2v) is 11.2. The minimum Gasteiger partial charge on any atom is -0.381 e. The Balaban J connectivity index is 1.27. The van der Waals surface area contributed by atoms with Gasteiger partial charge >= 0.3 is 0 Å². The number of likely N-dealkylation sites (tertiary alicyclic amines) is 1. The molecule has 2 N–H and O–H groups in total. The predicted octanol–water partition coefficient (Wildman–Crippen LogP) is 3.85. The third kappa shape index (κ3) is 4.32. The van der Waals surface area contributed by atoms with Crippen LogP contribution in [0.15, 0.2) is 51.7 Å². The highest BCUT2D eigenvalue weighted by atomic mass is 32.1. The van der Waals surface area contributed by atoms with E-state index in [0.717, 1.165) is 43.6 Å². The number of hydrogen-bond donors (Lipinski definition) is 2. The Labute approximate surface area is 219 Å². The molecule has 5 heterocycles. The minimum atomic E-state index is -0.233. The first-order valence-electron chi connectivity index (χ1n) is 12.7. The van der Waals surface area contributed by atoms with Gasteiger partial charge in [0.05, 0.1) is 33.8 Å². The molecule has 1 unspecified atom stereocenters. The number of pyridine rings is 1. The van der Waals surface area contributed by atoms with E-state index >= 15 is 0 Å². The molecule has 0 aliphatic carbocycles. The largest absolute Gasteiger partial charge is 0.381 e. The molecule has 0 saturated carbocycles. The fourth-order valence-electron chi connectivity index (χ4n) is 5.61. The summed E-state index contributed by atoms with van der Waals surface area (Å²) in [5.41, 5.74) is 4.03. The number of fused-ring (bicyclic) bond motifs is 2. The quantitative estimate of drug-likeness (QED) is 0.486. The molecular formula is C28H29N5O3S. The van der Waals surface area contributed by atoms with Crippen LogP contribution in [0.25, 0.3) is 0 Å². The first-order valence-corrected chi connectivity index (χ1v) is 13.6. The van der Waals surface area contributed by atoms with Crippen molar-refractivity contribution in [3.05, 3.63) is 79.4 Å². The SMILES string of the molecule is CC(Cc1cccs1)Nc1cc[nH]c(=O)c1C1=Nc2cc3c(cc2C1)C(=O)N(C1CCN(C)CC1)C3=O. The second kappa shape index (κ2) is 9.39. The zero-order chi connectivity index (χ0) is 25.7. The van der Waals surface area contributed by atoms with Crippen LogP contribution in [-0.2, 0) is 12.8 Å². The molecule has 37 heavy (non-hydrogen) atoms. The number of aromatic amines is 1. The lowest BCUT2D eigenvalue weighted by molar-refractivity contribution is 0.0516. The molecule has 0 radical (unpaired) electrons. The van der Waals surface area contributed by atoms with Gasteiger partial charge in [-0.2, -0.15) is 0 Å². The zero-order valence-electron chi connectivity index (χ0n) is 20.9. The number of aliphatic imine (C=N–C) groups is 1. The summed E-state index contributed by atoms with van der Waals surface area (Å²) in [5, 5.41) is 5.55. The molecule has 3 aliphatic heterocycles. The lowest BCUT2D eigenvalue weighted by Crippen LogP contribution is -2.46. The summed E-state index contributed by atoms with van der Waals surface area (Å²) < 4.78 is 0. The standard InChI is InChI=1S/C28H29N5O3S/c1-16(12-19-4-3-11-37-19)30-22-5-8-29-26(34)25(22)24-14-17-13-20-21(15-23(17)31-24)28(36)33(27(20)35)18-6-9-32(2)10-7-18/h3-5,8,11,13,15-16,18H,6-7,9-10,12,14H2,1-2H3,(H2,29,30,34). The second-order valence-electron chi connectivity index (χ2n) is 10.2. The van der Waals surface area contributed by atoms with Crippen LogP contribution >= 0.6 is 11.3 Å². The van der Waals surface area contributed by atoms with Crippen LogP contribution in [0.1, 0.15) is 56.5 Å². The topological polar surface area (TPSA) is 97.9 Å². The predicted molar refractivity (Wildman–Crippen MR) is 146 cm³/mol. The molecule has 1 atom stereocenters. The molecule has 8 nitrogen and oxygen atoms in total. The lowest BCUT2D eigenvalue weighted by atomic mass is 10.00. The van der Waals surface area contributed by atoms with Gasteiger partial charge < -0.3 is 15.2 Å². The van der Waals surface area contributed by atoms with E-state index in [1.54, 1.807) is 29.7 Å². The summed E-state index contributed by atoms with van der Waals surface area (Å²) in [6.07, 6.45) is 4.50. The van der Waals surface area contributed by atoms with Gasteiger partial charge in [-0.1, -0.05) is 6.07 Å². The van der Waals surface area contributed by atoms with E-state index in [2.05, 4.69) is 40.6 Å². The van der Waals surface area contributed by atoms with E-state index in [-0.39, 0.29) is 29.5 Å². The van der Waals surface area contributed by atoms with Crippen LogP contribution in [0.5, 0.6) is 0 Å². The van der Waals surface area contributed by atoms with Gasteiger partial charge in [-0.05, 0) is 75.1 Å². The highest BCUT2D eigenvalue weighted by Gasteiger charge is 2.42. The highest BCUT2D eigenvalue weighted by molar-refractivity contribution is 7.09. The summed E-state index contributed by atoms with van der Waals surface area (Å²) in [6.45, 7) is 3.83. The number of benzene rings is 1. The van der Waals surface area contributed by atoms with E-state index in [1.807, 2.05) is 12.1 Å². The number of carbonyl (C=O) groups is 2. The molecule has 1 saturated heterocycles. The zero-order valence-corrected chi connectivity index (χ0v) is 21.7. The fraction of sp³-hybridized carbons (Fsp3) is 0.357. The Morgan fingerprint density at radius 3 is 2.62 bits per heavy atom. The Hall–Kier alpha value is -3.56. The van der Waals surface area contributed by atoms with E-state index in [0.29, 0.717) is 34.5 Å². The van der Waals surface area contributed by atoms with Crippen LogP contribution in [0.2, 0.25) is 0 Å². The maximum atomic E-state index is 13.3. The number of carbonyl (C=O) groups excluding carboxylic acids is 2. The number of thiophene rings is 1. The number of amides is 2. The summed E-state index contributed by atoms with van der Waals surface area (Å²) in [7, 11) is 2.06. The van der Waals surface area contributed by atoms with E-state index in [9.17, 15) is 14.4 Å². The third-order valence-corrected chi connectivity index (χ3v) is 8.42. The van der Waals surface area contributed by atoms with Crippen molar-refractivity contribution in [2.75, 3.05) is 25.5 Å². The van der Waals surface area contributed by atoms with Gasteiger partial charge in [0.1, 0.15) is 0 Å². The van der Waals surface area contributed by atoms with Crippen LogP contribution in [0.3, 0.4) is 0 Å². The number of piperidine rings is 1. The molecule has 3 aromatic rings. The van der Waals surface area contributed by atoms with Crippen molar-refractivity contribution in [1.29, 1.82) is 0 Å².